The Balaban J connectivity index is 2.18. The maximum Gasteiger partial charge on any atom is 0.156 e. The lowest BCUT2D eigenvalue weighted by molar-refractivity contribution is 0.890. The van der Waals surface area contributed by atoms with Gasteiger partial charge in [0.25, 0.3) is 0 Å². The van der Waals surface area contributed by atoms with Crippen LogP contribution in [-0.4, -0.2) is 27.7 Å². The molecule has 1 atom stereocenters. The molecule has 1 unspecified atom stereocenters. The van der Waals surface area contributed by atoms with Gasteiger partial charge in [-0.15, -0.1) is 5.10 Å². The summed E-state index contributed by atoms with van der Waals surface area (Å²) in [5.74, 6) is 3.11. The molecular formula is C13H17N3S. The van der Waals surface area contributed by atoms with Crippen LogP contribution in [0, 0.1) is 0 Å². The molecule has 0 fully saturated rings. The molecule has 0 aliphatic heterocycles. The second kappa shape index (κ2) is 5.87. The summed E-state index contributed by atoms with van der Waals surface area (Å²) in [6, 6.07) is 8.58. The highest BCUT2D eigenvalue weighted by Crippen LogP contribution is 2.20. The lowest BCUT2D eigenvalue weighted by atomic mass is 10.2. The normalized spacial score (nSPS) is 12.6. The van der Waals surface area contributed by atoms with E-state index in [1.54, 1.807) is 6.20 Å². The third-order valence-corrected chi connectivity index (χ3v) is 3.67. The van der Waals surface area contributed by atoms with E-state index in [0.717, 1.165) is 28.1 Å². The number of aromatic nitrogens is 2. The molecule has 0 saturated carbocycles. The van der Waals surface area contributed by atoms with Gasteiger partial charge in [0.15, 0.2) is 5.82 Å². The number of hydrogen-bond donors (Lipinski definition) is 1. The monoisotopic (exact) mass is 247 g/mol. The van der Waals surface area contributed by atoms with Crippen molar-refractivity contribution in [2.45, 2.75) is 19.9 Å². The molecule has 90 valence electrons. The molecule has 1 N–H and O–H groups in total. The zero-order valence-corrected chi connectivity index (χ0v) is 11.0. The molecule has 4 heteroatoms. The minimum atomic E-state index is 0.403. The first-order chi connectivity index (χ1) is 8.31. The lowest BCUT2D eigenvalue weighted by Crippen LogP contribution is -2.19. The van der Waals surface area contributed by atoms with Crippen molar-refractivity contribution in [2.75, 3.05) is 16.8 Å². The Morgan fingerprint density at radius 3 is 3.00 bits per heavy atom. The summed E-state index contributed by atoms with van der Waals surface area (Å²) in [7, 11) is 0. The minimum absolute atomic E-state index is 0.403. The molecule has 0 saturated heterocycles. The van der Waals surface area contributed by atoms with E-state index in [1.807, 2.05) is 23.9 Å². The van der Waals surface area contributed by atoms with Gasteiger partial charge in [0.1, 0.15) is 0 Å². The van der Waals surface area contributed by atoms with E-state index < -0.39 is 0 Å². The standard InChI is InChI=1S/C13H17N3S/c1-3-17-9-10(2)15-13-12-7-5-4-6-11(12)8-14-16-13/h4-8,10H,3,9H2,1-2H3,(H,15,16). The van der Waals surface area contributed by atoms with Gasteiger partial charge in [-0.05, 0) is 12.7 Å². The van der Waals surface area contributed by atoms with Gasteiger partial charge in [-0.3, -0.25) is 0 Å². The third kappa shape index (κ3) is 3.09. The van der Waals surface area contributed by atoms with E-state index in [4.69, 9.17) is 0 Å². The molecule has 0 bridgehead atoms. The number of nitrogens with one attached hydrogen (secondary N) is 1. The summed E-state index contributed by atoms with van der Waals surface area (Å²) in [6.07, 6.45) is 1.80. The van der Waals surface area contributed by atoms with Gasteiger partial charge < -0.3 is 5.32 Å². The molecule has 0 amide bonds. The van der Waals surface area contributed by atoms with Gasteiger partial charge in [-0.1, -0.05) is 31.2 Å². The molecule has 0 aliphatic rings. The van der Waals surface area contributed by atoms with Crippen LogP contribution in [0.25, 0.3) is 10.8 Å². The number of rotatable bonds is 5. The van der Waals surface area contributed by atoms with E-state index in [0.29, 0.717) is 6.04 Å². The smallest absolute Gasteiger partial charge is 0.156 e. The predicted molar refractivity (Wildman–Crippen MR) is 75.6 cm³/mol. The van der Waals surface area contributed by atoms with E-state index in [-0.39, 0.29) is 0 Å². The molecule has 1 heterocycles. The molecule has 2 rings (SSSR count). The first-order valence-electron chi connectivity index (χ1n) is 5.86. The topological polar surface area (TPSA) is 37.8 Å². The van der Waals surface area contributed by atoms with E-state index >= 15 is 0 Å². The summed E-state index contributed by atoms with van der Waals surface area (Å²) >= 11 is 1.93. The number of nitrogens with zero attached hydrogens (tertiary/aromatic N) is 2. The zero-order chi connectivity index (χ0) is 12.1. The molecule has 0 aliphatic carbocycles. The van der Waals surface area contributed by atoms with Gasteiger partial charge >= 0.3 is 0 Å². The highest BCUT2D eigenvalue weighted by Gasteiger charge is 2.06. The minimum Gasteiger partial charge on any atom is -0.365 e. The number of thioether (sulfide) groups is 1. The van der Waals surface area contributed by atoms with Crippen molar-refractivity contribution in [3.63, 3.8) is 0 Å². The van der Waals surface area contributed by atoms with Gasteiger partial charge in [-0.2, -0.15) is 16.9 Å². The second-order valence-electron chi connectivity index (χ2n) is 3.99. The summed E-state index contributed by atoms with van der Waals surface area (Å²) < 4.78 is 0. The maximum atomic E-state index is 4.18. The summed E-state index contributed by atoms with van der Waals surface area (Å²) in [5, 5.41) is 13.9. The van der Waals surface area contributed by atoms with Crippen molar-refractivity contribution in [1.82, 2.24) is 10.2 Å². The highest BCUT2D eigenvalue weighted by molar-refractivity contribution is 7.99. The van der Waals surface area contributed by atoms with Gasteiger partial charge in [0.2, 0.25) is 0 Å². The van der Waals surface area contributed by atoms with Crippen molar-refractivity contribution in [3.05, 3.63) is 30.5 Å². The van der Waals surface area contributed by atoms with Crippen LogP contribution in [0.5, 0.6) is 0 Å². The van der Waals surface area contributed by atoms with E-state index in [2.05, 4.69) is 41.5 Å². The van der Waals surface area contributed by atoms with Crippen molar-refractivity contribution >= 4 is 28.4 Å². The number of fused-ring (bicyclic) bond motifs is 1. The Kier molecular flexibility index (Phi) is 4.20. The Morgan fingerprint density at radius 2 is 2.18 bits per heavy atom. The van der Waals surface area contributed by atoms with Gasteiger partial charge in [0.05, 0.1) is 6.20 Å². The zero-order valence-electron chi connectivity index (χ0n) is 10.2. The van der Waals surface area contributed by atoms with Crippen LogP contribution in [-0.2, 0) is 0 Å². The van der Waals surface area contributed by atoms with Gasteiger partial charge in [0, 0.05) is 22.6 Å². The Labute approximate surface area is 106 Å². The fourth-order valence-corrected chi connectivity index (χ4v) is 2.38. The summed E-state index contributed by atoms with van der Waals surface area (Å²) in [5.41, 5.74) is 0. The first-order valence-corrected chi connectivity index (χ1v) is 7.01. The Morgan fingerprint density at radius 1 is 1.35 bits per heavy atom. The quantitative estimate of drug-likeness (QED) is 0.880. The average Bonchev–Trinajstić information content (AvgIpc) is 2.37. The fraction of sp³-hybridized carbons (Fsp3) is 0.385. The van der Waals surface area contributed by atoms with Crippen LogP contribution in [0.4, 0.5) is 5.82 Å². The molecule has 1 aromatic heterocycles. The van der Waals surface area contributed by atoms with Crippen molar-refractivity contribution in [3.8, 4) is 0 Å². The number of anilines is 1. The van der Waals surface area contributed by atoms with Crippen molar-refractivity contribution < 1.29 is 0 Å². The second-order valence-corrected chi connectivity index (χ2v) is 5.30. The van der Waals surface area contributed by atoms with E-state index in [9.17, 15) is 0 Å². The van der Waals surface area contributed by atoms with E-state index in [1.165, 1.54) is 0 Å². The molecule has 3 nitrogen and oxygen atoms in total. The van der Waals surface area contributed by atoms with Crippen LogP contribution >= 0.6 is 11.8 Å². The summed E-state index contributed by atoms with van der Waals surface area (Å²) in [4.78, 5) is 0. The maximum absolute atomic E-state index is 4.18. The SMILES string of the molecule is CCSCC(C)Nc1nncc2ccccc12. The Hall–Kier alpha value is -1.29. The number of hydrogen-bond acceptors (Lipinski definition) is 4. The Bertz CT molecular complexity index is 482. The third-order valence-electron chi connectivity index (χ3n) is 2.53. The van der Waals surface area contributed by atoms with Crippen LogP contribution in [0.15, 0.2) is 30.5 Å². The van der Waals surface area contributed by atoms with Gasteiger partial charge in [-0.25, -0.2) is 0 Å². The van der Waals surface area contributed by atoms with Crippen molar-refractivity contribution in [2.24, 2.45) is 0 Å². The summed E-state index contributed by atoms with van der Waals surface area (Å²) in [6.45, 7) is 4.35. The van der Waals surface area contributed by atoms with Crippen LogP contribution in [0.3, 0.4) is 0 Å². The van der Waals surface area contributed by atoms with Crippen LogP contribution in [0.1, 0.15) is 13.8 Å². The molecule has 0 radical (unpaired) electrons. The lowest BCUT2D eigenvalue weighted by Gasteiger charge is -2.14. The van der Waals surface area contributed by atoms with Crippen LogP contribution < -0.4 is 5.32 Å². The highest BCUT2D eigenvalue weighted by atomic mass is 32.2. The molecular weight excluding hydrogens is 230 g/mol. The first kappa shape index (κ1) is 12.2. The molecule has 2 aromatic rings. The number of benzene rings is 1. The predicted octanol–water partition coefficient (Wildman–Crippen LogP) is 3.18. The largest absolute Gasteiger partial charge is 0.365 e. The van der Waals surface area contributed by atoms with Crippen LogP contribution in [0.2, 0.25) is 0 Å². The molecule has 17 heavy (non-hydrogen) atoms. The fourth-order valence-electron chi connectivity index (χ4n) is 1.70. The molecule has 1 aromatic carbocycles. The van der Waals surface area contributed by atoms with Crippen molar-refractivity contribution in [1.29, 1.82) is 0 Å². The average molecular weight is 247 g/mol. The molecule has 0 spiro atoms.